The Morgan fingerprint density at radius 1 is 1.03 bits per heavy atom. The van der Waals surface area contributed by atoms with Gasteiger partial charge in [0.15, 0.2) is 5.82 Å². The van der Waals surface area contributed by atoms with Gasteiger partial charge < -0.3 is 20.7 Å². The molecular formula is C28H27N7O2. The molecule has 1 unspecified atom stereocenters. The molecule has 9 heteroatoms. The normalized spacial score (nSPS) is 19.4. The van der Waals surface area contributed by atoms with Crippen LogP contribution in [-0.2, 0) is 16.0 Å². The van der Waals surface area contributed by atoms with E-state index < -0.39 is 0 Å². The Morgan fingerprint density at radius 2 is 1.86 bits per heavy atom. The van der Waals surface area contributed by atoms with E-state index in [2.05, 4.69) is 31.1 Å². The van der Waals surface area contributed by atoms with Crippen molar-refractivity contribution >= 4 is 23.2 Å². The van der Waals surface area contributed by atoms with Crippen molar-refractivity contribution in [3.63, 3.8) is 0 Å². The monoisotopic (exact) mass is 493 g/mol. The van der Waals surface area contributed by atoms with Crippen LogP contribution in [0.3, 0.4) is 0 Å². The Balaban J connectivity index is 1.01. The van der Waals surface area contributed by atoms with E-state index in [4.69, 9.17) is 9.72 Å². The summed E-state index contributed by atoms with van der Waals surface area (Å²) in [6.45, 7) is 2.10. The fraction of sp³-hybridized carbons (Fsp3) is 0.286. The van der Waals surface area contributed by atoms with Crippen molar-refractivity contribution in [2.45, 2.75) is 31.4 Å². The van der Waals surface area contributed by atoms with Gasteiger partial charge in [-0.3, -0.25) is 5.10 Å². The number of aromatic amines is 1. The van der Waals surface area contributed by atoms with Crippen molar-refractivity contribution in [3.05, 3.63) is 72.7 Å². The molecule has 9 nitrogen and oxygen atoms in total. The van der Waals surface area contributed by atoms with Gasteiger partial charge >= 0.3 is 5.97 Å². The average molecular weight is 494 g/mol. The zero-order valence-electron chi connectivity index (χ0n) is 20.2. The SMILES string of the molecule is O=C(OC1CC2(CNC2)C1)C1Cc2ccc(-c3nccc(Nc4ccc(-c5cn[nH]c5)cc4)n3)cc2N1. The smallest absolute Gasteiger partial charge is 0.329 e. The summed E-state index contributed by atoms with van der Waals surface area (Å²) in [6, 6.07) is 15.7. The molecule has 1 aliphatic carbocycles. The van der Waals surface area contributed by atoms with E-state index in [1.807, 2.05) is 54.7 Å². The summed E-state index contributed by atoms with van der Waals surface area (Å²) in [5, 5.41) is 16.9. The van der Waals surface area contributed by atoms with E-state index in [1.165, 1.54) is 0 Å². The Labute approximate surface area is 214 Å². The molecule has 2 aliphatic heterocycles. The van der Waals surface area contributed by atoms with E-state index in [0.717, 1.165) is 59.6 Å². The van der Waals surface area contributed by atoms with E-state index in [9.17, 15) is 4.79 Å². The third kappa shape index (κ3) is 4.21. The summed E-state index contributed by atoms with van der Waals surface area (Å²) in [7, 11) is 0. The van der Waals surface area contributed by atoms with Crippen LogP contribution in [-0.4, -0.2) is 51.4 Å². The highest BCUT2D eigenvalue weighted by atomic mass is 16.5. The van der Waals surface area contributed by atoms with Gasteiger partial charge in [-0.05, 0) is 48.2 Å². The largest absolute Gasteiger partial charge is 0.461 e. The number of fused-ring (bicyclic) bond motifs is 1. The number of nitrogens with zero attached hydrogens (tertiary/aromatic N) is 3. The van der Waals surface area contributed by atoms with Gasteiger partial charge in [0.25, 0.3) is 0 Å². The number of nitrogens with one attached hydrogen (secondary N) is 4. The topological polar surface area (TPSA) is 117 Å². The van der Waals surface area contributed by atoms with Crippen molar-refractivity contribution in [2.75, 3.05) is 23.7 Å². The average Bonchev–Trinajstić information content (AvgIpc) is 3.55. The molecule has 2 aromatic carbocycles. The van der Waals surface area contributed by atoms with Gasteiger partial charge in [-0.1, -0.05) is 24.3 Å². The number of ether oxygens (including phenoxy) is 1. The van der Waals surface area contributed by atoms with Crippen LogP contribution < -0.4 is 16.0 Å². The van der Waals surface area contributed by atoms with Crippen LogP contribution in [0.15, 0.2) is 67.1 Å². The van der Waals surface area contributed by atoms with E-state index >= 15 is 0 Å². The van der Waals surface area contributed by atoms with Gasteiger partial charge in [-0.25, -0.2) is 14.8 Å². The first kappa shape index (κ1) is 22.0. The maximum atomic E-state index is 12.8. The molecule has 7 rings (SSSR count). The van der Waals surface area contributed by atoms with Crippen molar-refractivity contribution in [2.24, 2.45) is 5.41 Å². The summed E-state index contributed by atoms with van der Waals surface area (Å²) in [5.74, 6) is 1.16. The second-order valence-corrected chi connectivity index (χ2v) is 10.3. The second-order valence-electron chi connectivity index (χ2n) is 10.3. The predicted molar refractivity (Wildman–Crippen MR) is 140 cm³/mol. The lowest BCUT2D eigenvalue weighted by Crippen LogP contribution is -2.62. The first-order valence-corrected chi connectivity index (χ1v) is 12.6. The van der Waals surface area contributed by atoms with Crippen LogP contribution in [0, 0.1) is 5.41 Å². The fourth-order valence-corrected chi connectivity index (χ4v) is 5.50. The summed E-state index contributed by atoms with van der Waals surface area (Å²) >= 11 is 0. The van der Waals surface area contributed by atoms with E-state index in [-0.39, 0.29) is 18.1 Å². The lowest BCUT2D eigenvalue weighted by atomic mass is 9.63. The Morgan fingerprint density at radius 3 is 2.62 bits per heavy atom. The number of rotatable bonds is 6. The minimum absolute atomic E-state index is 0.0566. The molecule has 4 N–H and O–H groups in total. The molecule has 1 atom stereocenters. The quantitative estimate of drug-likeness (QED) is 0.299. The van der Waals surface area contributed by atoms with Crippen LogP contribution in [0.2, 0.25) is 0 Å². The van der Waals surface area contributed by atoms with Crippen LogP contribution in [0.25, 0.3) is 22.5 Å². The number of carbonyl (C=O) groups excluding carboxylic acids is 1. The first-order chi connectivity index (χ1) is 18.1. The van der Waals surface area contributed by atoms with Gasteiger partial charge in [-0.2, -0.15) is 5.10 Å². The third-order valence-corrected chi connectivity index (χ3v) is 7.65. The predicted octanol–water partition coefficient (Wildman–Crippen LogP) is 3.91. The number of carbonyl (C=O) groups is 1. The number of H-pyrrole nitrogens is 1. The molecule has 186 valence electrons. The van der Waals surface area contributed by atoms with Crippen molar-refractivity contribution in [1.82, 2.24) is 25.5 Å². The summed E-state index contributed by atoms with van der Waals surface area (Å²) in [5.41, 5.74) is 6.37. The molecule has 37 heavy (non-hydrogen) atoms. The number of anilines is 3. The highest BCUT2D eigenvalue weighted by Gasteiger charge is 2.50. The third-order valence-electron chi connectivity index (χ3n) is 7.65. The Bertz CT molecular complexity index is 1440. The number of hydrogen-bond acceptors (Lipinski definition) is 8. The molecule has 0 radical (unpaired) electrons. The standard InChI is InChI=1S/C28H27N7O2/c36-27(37-22-11-28(12-22)15-29-16-28)24-9-18-1-2-19(10-23(18)34-24)26-30-8-7-25(35-26)33-21-5-3-17(4-6-21)20-13-31-32-14-20/h1-8,10,13-14,22,24,29,34H,9,11-12,15-16H2,(H,31,32)(H,30,33,35). The molecule has 1 saturated heterocycles. The van der Waals surface area contributed by atoms with Gasteiger partial charge in [-0.15, -0.1) is 0 Å². The molecule has 1 spiro atoms. The van der Waals surface area contributed by atoms with Crippen LogP contribution in [0.4, 0.5) is 17.2 Å². The number of aromatic nitrogens is 4. The zero-order valence-corrected chi connectivity index (χ0v) is 20.2. The summed E-state index contributed by atoms with van der Waals surface area (Å²) < 4.78 is 5.78. The van der Waals surface area contributed by atoms with Gasteiger partial charge in [0, 0.05) is 59.8 Å². The number of esters is 1. The lowest BCUT2D eigenvalue weighted by Gasteiger charge is -2.53. The highest BCUT2D eigenvalue weighted by molar-refractivity contribution is 5.84. The van der Waals surface area contributed by atoms with Gasteiger partial charge in [0.1, 0.15) is 18.0 Å². The zero-order chi connectivity index (χ0) is 24.8. The maximum Gasteiger partial charge on any atom is 0.329 e. The second kappa shape index (κ2) is 8.70. The Hall–Kier alpha value is -4.24. The molecule has 4 aromatic rings. The van der Waals surface area contributed by atoms with Crippen molar-refractivity contribution in [3.8, 4) is 22.5 Å². The van der Waals surface area contributed by atoms with Crippen LogP contribution >= 0.6 is 0 Å². The molecule has 0 amide bonds. The van der Waals surface area contributed by atoms with Gasteiger partial charge in [0.05, 0.1) is 6.20 Å². The summed E-state index contributed by atoms with van der Waals surface area (Å²) in [6.07, 6.45) is 8.05. The van der Waals surface area contributed by atoms with Crippen molar-refractivity contribution in [1.29, 1.82) is 0 Å². The van der Waals surface area contributed by atoms with E-state index in [0.29, 0.717) is 23.5 Å². The first-order valence-electron chi connectivity index (χ1n) is 12.6. The lowest BCUT2D eigenvalue weighted by molar-refractivity contribution is -0.165. The Kier molecular flexibility index (Phi) is 5.17. The molecular weight excluding hydrogens is 466 g/mol. The number of hydrogen-bond donors (Lipinski definition) is 4. The van der Waals surface area contributed by atoms with Crippen molar-refractivity contribution < 1.29 is 9.53 Å². The van der Waals surface area contributed by atoms with Gasteiger partial charge in [0.2, 0.25) is 0 Å². The summed E-state index contributed by atoms with van der Waals surface area (Å²) in [4.78, 5) is 21.9. The highest BCUT2D eigenvalue weighted by Crippen LogP contribution is 2.46. The van der Waals surface area contributed by atoms with E-state index in [1.54, 1.807) is 12.4 Å². The molecule has 2 fully saturated rings. The van der Waals surface area contributed by atoms with Crippen LogP contribution in [0.1, 0.15) is 18.4 Å². The molecule has 0 bridgehead atoms. The maximum absolute atomic E-state index is 12.8. The minimum atomic E-state index is -0.347. The number of benzene rings is 2. The molecule has 1 saturated carbocycles. The molecule has 2 aromatic heterocycles. The van der Waals surface area contributed by atoms with Crippen LogP contribution in [0.5, 0.6) is 0 Å². The minimum Gasteiger partial charge on any atom is -0.461 e. The fourth-order valence-electron chi connectivity index (χ4n) is 5.50. The molecule has 3 aliphatic rings. The molecule has 4 heterocycles.